The fourth-order valence-corrected chi connectivity index (χ4v) is 1.29. The second-order valence-electron chi connectivity index (χ2n) is 1.79. The molecule has 1 aliphatic rings. The number of ether oxygens (including phenoxy) is 1. The van der Waals surface area contributed by atoms with Gasteiger partial charge in [-0.1, -0.05) is 0 Å². The van der Waals surface area contributed by atoms with E-state index in [0.717, 1.165) is 4.91 Å². The number of esters is 1. The largest absolute Gasteiger partial charge is 0.457 e. The van der Waals surface area contributed by atoms with Crippen LogP contribution in [0.1, 0.15) is 0 Å². The number of aliphatic hydroxyl groups excluding tert-OH is 1. The van der Waals surface area contributed by atoms with Crippen LogP contribution in [0.2, 0.25) is 0 Å². The Bertz CT molecular complexity index is 164. The van der Waals surface area contributed by atoms with Gasteiger partial charge in [0.1, 0.15) is 6.61 Å². The van der Waals surface area contributed by atoms with Crippen molar-refractivity contribution < 1.29 is 14.6 Å². The van der Waals surface area contributed by atoms with Crippen LogP contribution in [-0.4, -0.2) is 30.0 Å². The van der Waals surface area contributed by atoms with Crippen LogP contribution in [-0.2, 0) is 9.53 Å². The molecule has 4 heteroatoms. The van der Waals surface area contributed by atoms with Crippen LogP contribution >= 0.6 is 11.8 Å². The Balaban J connectivity index is 2.28. The number of hydrogen-bond acceptors (Lipinski definition) is 4. The molecule has 0 aliphatic carbocycles. The fraction of sp³-hybridized carbons (Fsp3) is 0.500. The summed E-state index contributed by atoms with van der Waals surface area (Å²) in [5, 5.41) is 8.42. The summed E-state index contributed by atoms with van der Waals surface area (Å²) in [5.41, 5.74) is 0. The summed E-state index contributed by atoms with van der Waals surface area (Å²) in [4.78, 5) is 11.3. The lowest BCUT2D eigenvalue weighted by Crippen LogP contribution is -1.91. The van der Waals surface area contributed by atoms with Gasteiger partial charge in [0.15, 0.2) is 0 Å². The molecule has 1 heterocycles. The van der Waals surface area contributed by atoms with Crippen molar-refractivity contribution in [2.24, 2.45) is 0 Å². The Morgan fingerprint density at radius 1 is 1.80 bits per heavy atom. The summed E-state index contributed by atoms with van der Waals surface area (Å²) in [7, 11) is 0. The molecule has 0 atom stereocenters. The average molecular weight is 160 g/mol. The Morgan fingerprint density at radius 2 is 2.60 bits per heavy atom. The first-order valence-corrected chi connectivity index (χ1v) is 3.92. The van der Waals surface area contributed by atoms with Gasteiger partial charge in [-0.3, -0.25) is 0 Å². The molecule has 56 valence electrons. The first-order valence-electron chi connectivity index (χ1n) is 2.94. The minimum absolute atomic E-state index is 0.135. The number of rotatable bonds is 3. The zero-order valence-corrected chi connectivity index (χ0v) is 6.19. The smallest absolute Gasteiger partial charge is 0.332 e. The lowest BCUT2D eigenvalue weighted by atomic mass is 10.6. The molecule has 3 nitrogen and oxygen atoms in total. The maximum absolute atomic E-state index is 10.4. The van der Waals surface area contributed by atoms with Crippen LogP contribution in [0, 0.1) is 0 Å². The normalized spacial score (nSPS) is 16.9. The second kappa shape index (κ2) is 3.63. The highest BCUT2D eigenvalue weighted by Gasteiger charge is 2.11. The van der Waals surface area contributed by atoms with E-state index in [4.69, 9.17) is 5.11 Å². The second-order valence-corrected chi connectivity index (χ2v) is 3.01. The maximum atomic E-state index is 10.4. The number of aliphatic hydroxyl groups is 1. The topological polar surface area (TPSA) is 46.5 Å². The van der Waals surface area contributed by atoms with Crippen molar-refractivity contribution >= 4 is 17.7 Å². The van der Waals surface area contributed by atoms with E-state index < -0.39 is 0 Å². The molecule has 10 heavy (non-hydrogen) atoms. The van der Waals surface area contributed by atoms with Crippen molar-refractivity contribution in [2.45, 2.75) is 0 Å². The summed E-state index contributed by atoms with van der Waals surface area (Å²) in [6.45, 7) is 0.514. The van der Waals surface area contributed by atoms with Gasteiger partial charge in [-0.15, -0.1) is 11.8 Å². The molecule has 1 N–H and O–H groups in total. The summed E-state index contributed by atoms with van der Waals surface area (Å²) in [5.74, 6) is 0.350. The maximum Gasteiger partial charge on any atom is 0.332 e. The van der Waals surface area contributed by atoms with Crippen LogP contribution < -0.4 is 0 Å². The number of hydrogen-bond donors (Lipinski definition) is 1. The van der Waals surface area contributed by atoms with Gasteiger partial charge in [0.25, 0.3) is 0 Å². The van der Waals surface area contributed by atoms with Crippen molar-refractivity contribution in [3.63, 3.8) is 0 Å². The molecule has 0 amide bonds. The van der Waals surface area contributed by atoms with Crippen molar-refractivity contribution in [3.8, 4) is 0 Å². The van der Waals surface area contributed by atoms with Crippen molar-refractivity contribution in [3.05, 3.63) is 11.0 Å². The molecule has 1 rings (SSSR count). The van der Waals surface area contributed by atoms with Crippen LogP contribution in [0.25, 0.3) is 0 Å². The molecule has 0 aromatic carbocycles. The van der Waals surface area contributed by atoms with Gasteiger partial charge in [0, 0.05) is 16.7 Å². The van der Waals surface area contributed by atoms with Crippen molar-refractivity contribution in [1.82, 2.24) is 0 Å². The molecule has 0 unspecified atom stereocenters. The number of thioether (sulfide) groups is 1. The minimum Gasteiger partial charge on any atom is -0.457 e. The number of cyclic esters (lactones) is 1. The Kier molecular flexibility index (Phi) is 2.77. The van der Waals surface area contributed by atoms with E-state index in [9.17, 15) is 4.79 Å². The van der Waals surface area contributed by atoms with Crippen LogP contribution in [0.15, 0.2) is 11.0 Å². The van der Waals surface area contributed by atoms with Crippen LogP contribution in [0.5, 0.6) is 0 Å². The summed E-state index contributed by atoms with van der Waals surface area (Å²) >= 11 is 1.45. The monoisotopic (exact) mass is 160 g/mol. The van der Waals surface area contributed by atoms with E-state index in [-0.39, 0.29) is 12.6 Å². The molecule has 0 aromatic rings. The van der Waals surface area contributed by atoms with Crippen LogP contribution in [0.3, 0.4) is 0 Å². The Labute approximate surface area is 63.1 Å². The lowest BCUT2D eigenvalue weighted by Gasteiger charge is -1.95. The molecule has 0 spiro atoms. The Hall–Kier alpha value is -0.480. The van der Waals surface area contributed by atoms with Crippen molar-refractivity contribution in [1.29, 1.82) is 0 Å². The highest BCUT2D eigenvalue weighted by molar-refractivity contribution is 8.03. The minimum atomic E-state index is -0.277. The van der Waals surface area contributed by atoms with Gasteiger partial charge in [-0.05, 0) is 0 Å². The standard InChI is InChI=1S/C6H8O3S/c7-1-2-10-5-3-6(8)9-4-5/h3,7H,1-2,4H2. The highest BCUT2D eigenvalue weighted by atomic mass is 32.2. The van der Waals surface area contributed by atoms with Gasteiger partial charge in [0.2, 0.25) is 0 Å². The Morgan fingerprint density at radius 3 is 3.10 bits per heavy atom. The predicted octanol–water partition coefficient (Wildman–Crippen LogP) is 0.153. The molecule has 0 radical (unpaired) electrons. The van der Waals surface area contributed by atoms with Crippen molar-refractivity contribution in [2.75, 3.05) is 19.0 Å². The quantitative estimate of drug-likeness (QED) is 0.597. The third-order valence-electron chi connectivity index (χ3n) is 1.01. The summed E-state index contributed by atoms with van der Waals surface area (Å²) < 4.78 is 4.63. The van der Waals surface area contributed by atoms with Gasteiger partial charge in [-0.25, -0.2) is 4.79 Å². The van der Waals surface area contributed by atoms with Crippen LogP contribution in [0.4, 0.5) is 0 Å². The third-order valence-corrected chi connectivity index (χ3v) is 2.01. The molecule has 0 bridgehead atoms. The van der Waals surface area contributed by atoms with E-state index in [1.54, 1.807) is 0 Å². The van der Waals surface area contributed by atoms with E-state index in [2.05, 4.69) is 4.74 Å². The molecule has 0 saturated carbocycles. The fourth-order valence-electron chi connectivity index (χ4n) is 0.617. The van der Waals surface area contributed by atoms with Gasteiger partial charge in [-0.2, -0.15) is 0 Å². The molecule has 1 aliphatic heterocycles. The summed E-state index contributed by atoms with van der Waals surface area (Å²) in [6, 6.07) is 0. The van der Waals surface area contributed by atoms with E-state index in [0.29, 0.717) is 12.4 Å². The molecule has 0 fully saturated rings. The van der Waals surface area contributed by atoms with Gasteiger partial charge < -0.3 is 9.84 Å². The van der Waals surface area contributed by atoms with Gasteiger partial charge >= 0.3 is 5.97 Å². The van der Waals surface area contributed by atoms with E-state index in [1.807, 2.05) is 0 Å². The summed E-state index contributed by atoms with van der Waals surface area (Å²) in [6.07, 6.45) is 1.46. The van der Waals surface area contributed by atoms with E-state index in [1.165, 1.54) is 17.8 Å². The zero-order valence-electron chi connectivity index (χ0n) is 5.37. The van der Waals surface area contributed by atoms with E-state index >= 15 is 0 Å². The number of carbonyl (C=O) groups is 1. The molecule has 0 saturated heterocycles. The third kappa shape index (κ3) is 2.04. The predicted molar refractivity (Wildman–Crippen MR) is 38.6 cm³/mol. The first-order chi connectivity index (χ1) is 4.83. The first kappa shape index (κ1) is 7.63. The lowest BCUT2D eigenvalue weighted by molar-refractivity contribution is -0.134. The SMILES string of the molecule is O=C1C=C(SCCO)CO1. The molecule has 0 aromatic heterocycles. The number of carbonyl (C=O) groups excluding carboxylic acids is 1. The van der Waals surface area contributed by atoms with Gasteiger partial charge in [0.05, 0.1) is 6.61 Å². The molecular weight excluding hydrogens is 152 g/mol. The zero-order chi connectivity index (χ0) is 7.40. The molecular formula is C6H8O3S. The highest BCUT2D eigenvalue weighted by Crippen LogP contribution is 2.19. The average Bonchev–Trinajstić information content (AvgIpc) is 2.31.